The third-order valence-electron chi connectivity index (χ3n) is 8.86. The molecule has 2 aliphatic rings. The summed E-state index contributed by atoms with van der Waals surface area (Å²) in [5.41, 5.74) is 5.54. The van der Waals surface area contributed by atoms with Crippen molar-refractivity contribution in [1.29, 1.82) is 0 Å². The lowest BCUT2D eigenvalue weighted by atomic mass is 9.88. The Morgan fingerprint density at radius 2 is 1.94 bits per heavy atom. The van der Waals surface area contributed by atoms with Crippen molar-refractivity contribution in [2.24, 2.45) is 0 Å². The quantitative estimate of drug-likeness (QED) is 0.114. The average molecular weight is 690 g/mol. The van der Waals surface area contributed by atoms with Crippen molar-refractivity contribution < 1.29 is 28.5 Å². The summed E-state index contributed by atoms with van der Waals surface area (Å²) in [6.45, 7) is 5.58. The highest BCUT2D eigenvalue weighted by Crippen LogP contribution is 2.49. The number of esters is 1. The van der Waals surface area contributed by atoms with E-state index < -0.39 is 11.8 Å². The predicted octanol–water partition coefficient (Wildman–Crippen LogP) is 6.43. The van der Waals surface area contributed by atoms with Gasteiger partial charge in [-0.25, -0.2) is 9.78 Å². The molecule has 2 aromatic carbocycles. The number of methoxy groups -OCH3 is 2. The van der Waals surface area contributed by atoms with E-state index in [1.165, 1.54) is 7.11 Å². The van der Waals surface area contributed by atoms with E-state index in [0.717, 1.165) is 59.2 Å². The van der Waals surface area contributed by atoms with Crippen LogP contribution in [0.4, 0.5) is 0 Å². The van der Waals surface area contributed by atoms with E-state index in [4.69, 9.17) is 40.3 Å². The second kappa shape index (κ2) is 13.7. The maximum Gasteiger partial charge on any atom is 0.338 e. The van der Waals surface area contributed by atoms with Crippen molar-refractivity contribution >= 4 is 39.9 Å². The number of likely N-dealkylation sites (tertiary alicyclic amines) is 1. The van der Waals surface area contributed by atoms with Gasteiger partial charge in [0, 0.05) is 36.9 Å². The monoisotopic (exact) mass is 689 g/mol. The number of thiazole rings is 1. The van der Waals surface area contributed by atoms with Gasteiger partial charge in [0.05, 0.1) is 48.4 Å². The van der Waals surface area contributed by atoms with Gasteiger partial charge in [0.2, 0.25) is 0 Å². The van der Waals surface area contributed by atoms with E-state index in [-0.39, 0.29) is 0 Å². The molecule has 1 fully saturated rings. The fourth-order valence-electron chi connectivity index (χ4n) is 6.41. The van der Waals surface area contributed by atoms with Crippen LogP contribution in [-0.2, 0) is 28.4 Å². The lowest BCUT2D eigenvalue weighted by molar-refractivity contribution is -0.0722. The maximum atomic E-state index is 12.7. The second-order valence-corrected chi connectivity index (χ2v) is 13.4. The van der Waals surface area contributed by atoms with Gasteiger partial charge in [-0.05, 0) is 62.2 Å². The first-order chi connectivity index (χ1) is 23.3. The molecule has 0 N–H and O–H groups in total. The van der Waals surface area contributed by atoms with Crippen molar-refractivity contribution in [2.45, 2.75) is 44.6 Å². The van der Waals surface area contributed by atoms with Crippen LogP contribution in [0.2, 0.25) is 5.02 Å². The topological polar surface area (TPSA) is 110 Å². The smallest absolute Gasteiger partial charge is 0.338 e. The molecule has 5 heterocycles. The van der Waals surface area contributed by atoms with Crippen LogP contribution in [-0.4, -0.2) is 70.9 Å². The minimum atomic E-state index is -1.03. The van der Waals surface area contributed by atoms with Crippen molar-refractivity contribution in [3.05, 3.63) is 92.9 Å². The number of hydrogen-bond donors (Lipinski definition) is 0. The number of hydrogen-bond acceptors (Lipinski definition) is 11. The molecule has 0 aliphatic carbocycles. The molecule has 13 heteroatoms. The molecule has 7 rings (SSSR count). The highest BCUT2D eigenvalue weighted by molar-refractivity contribution is 7.09. The summed E-state index contributed by atoms with van der Waals surface area (Å²) < 4.78 is 31.3. The molecule has 0 unspecified atom stereocenters. The fourth-order valence-corrected chi connectivity index (χ4v) is 7.11. The second-order valence-electron chi connectivity index (χ2n) is 12.0. The molecule has 0 spiro atoms. The van der Waals surface area contributed by atoms with Crippen LogP contribution >= 0.6 is 22.9 Å². The molecule has 0 radical (unpaired) electrons. The molecule has 11 nitrogen and oxygen atoms in total. The molecule has 0 saturated carbocycles. The van der Waals surface area contributed by atoms with Crippen LogP contribution < -0.4 is 14.2 Å². The zero-order valence-electron chi connectivity index (χ0n) is 27.0. The number of piperidine rings is 1. The Bertz CT molecular complexity index is 1910. The molecule has 48 heavy (non-hydrogen) atoms. The van der Waals surface area contributed by atoms with Crippen LogP contribution in [0.3, 0.4) is 0 Å². The Kier molecular flexibility index (Phi) is 9.23. The maximum absolute atomic E-state index is 12.7. The number of para-hydroxylation sites is 1. The lowest BCUT2D eigenvalue weighted by Crippen LogP contribution is -2.34. The summed E-state index contributed by atoms with van der Waals surface area (Å²) in [6, 6.07) is 13.3. The first-order valence-corrected chi connectivity index (χ1v) is 17.1. The molecule has 3 aromatic heterocycles. The van der Waals surface area contributed by atoms with Crippen LogP contribution in [0.1, 0.15) is 58.0 Å². The van der Waals surface area contributed by atoms with Crippen LogP contribution in [0.25, 0.3) is 11.0 Å². The van der Waals surface area contributed by atoms with E-state index in [1.807, 2.05) is 42.9 Å². The average Bonchev–Trinajstić information content (AvgIpc) is 3.83. The number of carbonyl (C=O) groups excluding carboxylic acids is 1. The SMILES string of the molecule is COCCOc1cc(C(=O)OC)cc2c1nc(CN1CCC(c3cccc4c3O[C@@](C)(c3ccc(Cl)cn3)O4)CC1)n2Cc1cncs1. The molecule has 0 bridgehead atoms. The molecular formula is C35H36ClN5O6S. The third kappa shape index (κ3) is 6.45. The Morgan fingerprint density at radius 1 is 1.08 bits per heavy atom. The summed E-state index contributed by atoms with van der Waals surface area (Å²) >= 11 is 7.66. The number of carbonyl (C=O) groups is 1. The number of rotatable bonds is 11. The molecule has 0 amide bonds. The number of imidazole rings is 1. The van der Waals surface area contributed by atoms with Gasteiger partial charge in [0.25, 0.3) is 5.79 Å². The molecular weight excluding hydrogens is 654 g/mol. The van der Waals surface area contributed by atoms with Gasteiger partial charge in [0.1, 0.15) is 29.4 Å². The molecule has 1 atom stereocenters. The summed E-state index contributed by atoms with van der Waals surface area (Å²) in [7, 11) is 3.00. The Labute approximate surface area is 287 Å². The van der Waals surface area contributed by atoms with Crippen LogP contribution in [0.15, 0.2) is 60.4 Å². The summed E-state index contributed by atoms with van der Waals surface area (Å²) in [5.74, 6) is 1.76. The molecule has 2 aliphatic heterocycles. The molecule has 5 aromatic rings. The van der Waals surface area contributed by atoms with Gasteiger partial charge in [0.15, 0.2) is 11.5 Å². The zero-order chi connectivity index (χ0) is 33.3. The van der Waals surface area contributed by atoms with Crippen molar-refractivity contribution in [3.8, 4) is 17.2 Å². The Hall–Kier alpha value is -4.23. The lowest BCUT2D eigenvalue weighted by Gasteiger charge is -2.32. The third-order valence-corrected chi connectivity index (χ3v) is 9.85. The first-order valence-electron chi connectivity index (χ1n) is 15.8. The van der Waals surface area contributed by atoms with Gasteiger partial charge in [-0.2, -0.15) is 0 Å². The van der Waals surface area contributed by atoms with E-state index in [1.54, 1.807) is 36.8 Å². The number of fused-ring (bicyclic) bond motifs is 2. The minimum absolute atomic E-state index is 0.305. The molecule has 250 valence electrons. The summed E-state index contributed by atoms with van der Waals surface area (Å²) in [4.78, 5) is 30.0. The number of aromatic nitrogens is 4. The number of halogens is 1. The predicted molar refractivity (Wildman–Crippen MR) is 181 cm³/mol. The standard InChI is InChI=1S/C35H36ClN5O6S/c1-35(30-8-7-24(36)17-38-30)46-28-6-4-5-26(33(28)47-35)22-9-11-40(12-10-22)20-31-39-32-27(41(31)19-25-18-37-21-48-25)15-23(34(42)44-3)16-29(32)45-14-13-43-2/h4-8,15-18,21-22H,9-14,19-20H2,1-3H3/t35-/m0/s1. The van der Waals surface area contributed by atoms with Crippen molar-refractivity contribution in [3.63, 3.8) is 0 Å². The Balaban J connectivity index is 1.12. The number of pyridine rings is 1. The van der Waals surface area contributed by atoms with E-state index in [0.29, 0.717) is 59.8 Å². The molecule has 1 saturated heterocycles. The highest BCUT2D eigenvalue weighted by Gasteiger charge is 2.42. The van der Waals surface area contributed by atoms with E-state index in [9.17, 15) is 4.79 Å². The van der Waals surface area contributed by atoms with Crippen molar-refractivity contribution in [1.82, 2.24) is 24.4 Å². The van der Waals surface area contributed by atoms with Crippen molar-refractivity contribution in [2.75, 3.05) is 40.5 Å². The number of nitrogens with zero attached hydrogens (tertiary/aromatic N) is 5. The zero-order valence-corrected chi connectivity index (χ0v) is 28.6. The van der Waals surface area contributed by atoms with Crippen LogP contribution in [0.5, 0.6) is 17.2 Å². The van der Waals surface area contributed by atoms with Gasteiger partial charge in [-0.3, -0.25) is 14.9 Å². The largest absolute Gasteiger partial charge is 0.489 e. The van der Waals surface area contributed by atoms with E-state index >= 15 is 0 Å². The van der Waals surface area contributed by atoms with E-state index in [2.05, 4.69) is 25.5 Å². The van der Waals surface area contributed by atoms with Gasteiger partial charge in [-0.1, -0.05) is 23.7 Å². The summed E-state index contributed by atoms with van der Waals surface area (Å²) in [5, 5.41) is 0.561. The number of benzene rings is 2. The van der Waals surface area contributed by atoms with Gasteiger partial charge in [-0.15, -0.1) is 11.3 Å². The van der Waals surface area contributed by atoms with Crippen LogP contribution in [0, 0.1) is 0 Å². The minimum Gasteiger partial charge on any atom is -0.489 e. The normalized spacial score (nSPS) is 18.0. The first kappa shape index (κ1) is 32.3. The van der Waals surface area contributed by atoms with Gasteiger partial charge < -0.3 is 28.3 Å². The summed E-state index contributed by atoms with van der Waals surface area (Å²) in [6.07, 6.45) is 5.36. The Morgan fingerprint density at radius 3 is 2.67 bits per heavy atom. The van der Waals surface area contributed by atoms with Gasteiger partial charge >= 0.3 is 5.97 Å². The number of ether oxygens (including phenoxy) is 5. The fraction of sp³-hybridized carbons (Fsp3) is 0.371. The highest BCUT2D eigenvalue weighted by atomic mass is 35.5.